The van der Waals surface area contributed by atoms with Gasteiger partial charge in [0.2, 0.25) is 0 Å². The van der Waals surface area contributed by atoms with Gasteiger partial charge in [-0.05, 0) is 25.7 Å². The first-order chi connectivity index (χ1) is 7.00. The lowest BCUT2D eigenvalue weighted by atomic mass is 9.99. The van der Waals surface area contributed by atoms with Gasteiger partial charge in [0.1, 0.15) is 11.9 Å². The minimum atomic E-state index is -1.83. The summed E-state index contributed by atoms with van der Waals surface area (Å²) in [5.74, 6) is 4.53. The van der Waals surface area contributed by atoms with E-state index < -0.39 is 8.07 Å². The van der Waals surface area contributed by atoms with E-state index in [1.54, 1.807) is 12.8 Å². The first-order valence-corrected chi connectivity index (χ1v) is 8.24. The highest BCUT2D eigenvalue weighted by molar-refractivity contribution is 6.85. The van der Waals surface area contributed by atoms with Crippen molar-refractivity contribution in [3.05, 3.63) is 42.4 Å². The summed E-state index contributed by atoms with van der Waals surface area (Å²) in [6.07, 6.45) is 7.27. The molecule has 0 N–H and O–H groups in total. The van der Waals surface area contributed by atoms with E-state index in [9.17, 15) is 9.59 Å². The highest BCUT2D eigenvalue weighted by Crippen LogP contribution is 2.34. The van der Waals surface area contributed by atoms with Crippen molar-refractivity contribution < 1.29 is 9.59 Å². The van der Waals surface area contributed by atoms with Crippen LogP contribution in [0.15, 0.2) is 10.8 Å². The monoisotopic (exact) mass is 217 g/mol. The molecule has 1 aliphatic rings. The van der Waals surface area contributed by atoms with Gasteiger partial charge in [0.25, 0.3) is 0 Å². The maximum Gasteiger partial charge on any atom is 0.129 e. The Morgan fingerprint density at radius 1 is 1.07 bits per heavy atom. The van der Waals surface area contributed by atoms with E-state index in [1.807, 2.05) is 44.4 Å². The second kappa shape index (κ2) is 4.76. The van der Waals surface area contributed by atoms with Gasteiger partial charge in [0.15, 0.2) is 0 Å². The molecule has 0 aromatic heterocycles. The molecule has 0 atom stereocenters. The summed E-state index contributed by atoms with van der Waals surface area (Å²) in [4.78, 5) is 21.8. The zero-order valence-corrected chi connectivity index (χ0v) is 10.1. The van der Waals surface area contributed by atoms with Crippen LogP contribution in [0.3, 0.4) is 0 Å². The molecule has 15 heavy (non-hydrogen) atoms. The number of allylic oxidation sites excluding steroid dienone is 2. The van der Waals surface area contributed by atoms with Crippen LogP contribution in [-0.4, -0.2) is 20.0 Å². The van der Waals surface area contributed by atoms with Crippen LogP contribution in [0.5, 0.6) is 0 Å². The van der Waals surface area contributed by atoms with Crippen LogP contribution < -0.4 is 0 Å². The predicted molar refractivity (Wildman–Crippen MR) is 62.2 cm³/mol. The summed E-state index contributed by atoms with van der Waals surface area (Å²) < 4.78 is 0. The second-order valence-electron chi connectivity index (χ2n) is 4.38. The number of hydrogen-bond acceptors (Lipinski definition) is 2. The standard InChI is InChI=1S/C12H13O2Si/c1-15(2,3)12(9-14)11(8-13)10-6-4-5-7-10/h4-7H,1-3H3. The quantitative estimate of drug-likeness (QED) is 0.410. The average molecular weight is 217 g/mol. The van der Waals surface area contributed by atoms with Crippen molar-refractivity contribution in [3.8, 4) is 0 Å². The molecule has 0 aromatic carbocycles. The van der Waals surface area contributed by atoms with Crippen LogP contribution in [0.4, 0.5) is 0 Å². The van der Waals surface area contributed by atoms with E-state index in [4.69, 9.17) is 0 Å². The normalized spacial score (nSPS) is 17.0. The summed E-state index contributed by atoms with van der Waals surface area (Å²) in [6.45, 7) is 6.02. The first kappa shape index (κ1) is 12.2. The zero-order valence-electron chi connectivity index (χ0n) is 9.13. The Bertz CT molecular complexity index is 333. The highest BCUT2D eigenvalue weighted by atomic mass is 28.3. The third-order valence-electron chi connectivity index (χ3n) is 2.16. The number of hydrogen-bond donors (Lipinski definition) is 0. The van der Waals surface area contributed by atoms with E-state index in [0.717, 1.165) is 5.92 Å². The molecule has 0 aliphatic heterocycles. The minimum Gasteiger partial charge on any atom is -0.234 e. The highest BCUT2D eigenvalue weighted by Gasteiger charge is 2.32. The molecule has 77 valence electrons. The van der Waals surface area contributed by atoms with Crippen molar-refractivity contribution in [3.63, 3.8) is 0 Å². The van der Waals surface area contributed by atoms with E-state index in [1.165, 1.54) is 0 Å². The van der Waals surface area contributed by atoms with Gasteiger partial charge in [-0.3, -0.25) is 0 Å². The van der Waals surface area contributed by atoms with Crippen molar-refractivity contribution >= 4 is 20.0 Å². The largest absolute Gasteiger partial charge is 0.234 e. The molecule has 0 bridgehead atoms. The molecule has 2 nitrogen and oxygen atoms in total. The van der Waals surface area contributed by atoms with E-state index in [0.29, 0.717) is 10.8 Å². The molecular formula is C12H13O2Si. The van der Waals surface area contributed by atoms with E-state index in [2.05, 4.69) is 0 Å². The van der Waals surface area contributed by atoms with Crippen molar-refractivity contribution in [2.45, 2.75) is 19.6 Å². The molecule has 1 aliphatic carbocycles. The maximum atomic E-state index is 10.9. The Morgan fingerprint density at radius 3 is 1.93 bits per heavy atom. The first-order valence-electron chi connectivity index (χ1n) is 4.74. The average Bonchev–Trinajstić information content (AvgIpc) is 2.64. The van der Waals surface area contributed by atoms with Crippen molar-refractivity contribution in [1.29, 1.82) is 0 Å². The van der Waals surface area contributed by atoms with Crippen LogP contribution in [-0.2, 0) is 9.59 Å². The van der Waals surface area contributed by atoms with Crippen LogP contribution in [0.25, 0.3) is 0 Å². The maximum absolute atomic E-state index is 10.9. The third kappa shape index (κ3) is 2.79. The Kier molecular flexibility index (Phi) is 3.87. The Labute approximate surface area is 92.1 Å². The second-order valence-corrected chi connectivity index (χ2v) is 9.38. The van der Waals surface area contributed by atoms with Crippen LogP contribution in [0, 0.1) is 31.6 Å². The van der Waals surface area contributed by atoms with Crippen molar-refractivity contribution in [1.82, 2.24) is 0 Å². The molecule has 5 radical (unpaired) electrons. The Morgan fingerprint density at radius 2 is 1.60 bits per heavy atom. The van der Waals surface area contributed by atoms with Gasteiger partial charge in [-0.15, -0.1) is 0 Å². The molecule has 0 spiro atoms. The smallest absolute Gasteiger partial charge is 0.129 e. The van der Waals surface area contributed by atoms with Gasteiger partial charge in [-0.25, -0.2) is 9.59 Å². The van der Waals surface area contributed by atoms with Gasteiger partial charge in [0, 0.05) is 11.1 Å². The van der Waals surface area contributed by atoms with E-state index in [-0.39, 0.29) is 0 Å². The minimum absolute atomic E-state index is 0.370. The molecule has 1 saturated carbocycles. The molecule has 1 rings (SSSR count). The third-order valence-corrected chi connectivity index (χ3v) is 4.01. The van der Waals surface area contributed by atoms with Gasteiger partial charge in [0.05, 0.1) is 13.6 Å². The molecule has 0 unspecified atom stereocenters. The fourth-order valence-corrected chi connectivity index (χ4v) is 2.63. The van der Waals surface area contributed by atoms with Crippen LogP contribution in [0.2, 0.25) is 19.6 Å². The fourth-order valence-electron chi connectivity index (χ4n) is 1.37. The van der Waals surface area contributed by atoms with Gasteiger partial charge in [-0.2, -0.15) is 0 Å². The lowest BCUT2D eigenvalue weighted by Crippen LogP contribution is -2.27. The van der Waals surface area contributed by atoms with Crippen LogP contribution >= 0.6 is 0 Å². The summed E-state index contributed by atoms with van der Waals surface area (Å²) in [7, 11) is -1.83. The lowest BCUT2D eigenvalue weighted by molar-refractivity contribution is 0.564. The van der Waals surface area contributed by atoms with Gasteiger partial charge in [-0.1, -0.05) is 19.6 Å². The summed E-state index contributed by atoms with van der Waals surface area (Å²) in [6, 6.07) is 0. The van der Waals surface area contributed by atoms with Gasteiger partial charge >= 0.3 is 0 Å². The van der Waals surface area contributed by atoms with Crippen molar-refractivity contribution in [2.24, 2.45) is 0 Å². The molecule has 1 fully saturated rings. The number of carbonyl (C=O) groups excluding carboxylic acids is 2. The molecule has 3 heteroatoms. The molecule has 0 heterocycles. The fraction of sp³-hybridized carbons (Fsp3) is 0.250. The van der Waals surface area contributed by atoms with Gasteiger partial charge < -0.3 is 0 Å². The lowest BCUT2D eigenvalue weighted by Gasteiger charge is -2.20. The summed E-state index contributed by atoms with van der Waals surface area (Å²) >= 11 is 0. The SMILES string of the molecule is C[Si](C)(C)C(=C=O)C(=C=O)[C]1[CH][CH][CH][CH]1. The summed E-state index contributed by atoms with van der Waals surface area (Å²) in [5.41, 5.74) is 0.370. The molecule has 0 aromatic rings. The molecule has 0 saturated heterocycles. The van der Waals surface area contributed by atoms with Crippen LogP contribution in [0.1, 0.15) is 0 Å². The summed E-state index contributed by atoms with van der Waals surface area (Å²) in [5, 5.41) is 0.503. The zero-order chi connectivity index (χ0) is 11.5. The Hall–Kier alpha value is -0.883. The molecule has 0 amide bonds. The molecular weight excluding hydrogens is 204 g/mol. The Balaban J connectivity index is 3.02. The number of rotatable bonds is 3. The van der Waals surface area contributed by atoms with E-state index >= 15 is 0 Å². The van der Waals surface area contributed by atoms with Crippen molar-refractivity contribution in [2.75, 3.05) is 0 Å². The predicted octanol–water partition coefficient (Wildman–Crippen LogP) is 1.79. The topological polar surface area (TPSA) is 34.1 Å².